The molecule has 1 aliphatic rings. The van der Waals surface area contributed by atoms with E-state index in [0.717, 1.165) is 0 Å². The Kier molecular flexibility index (Phi) is 2.18. The van der Waals surface area contributed by atoms with Crippen LogP contribution in [0.25, 0.3) is 5.70 Å². The largest absolute Gasteiger partial charge is 0.477 e. The van der Waals surface area contributed by atoms with E-state index in [-0.39, 0.29) is 11.6 Å². The van der Waals surface area contributed by atoms with E-state index in [9.17, 15) is 9.59 Å². The predicted molar refractivity (Wildman–Crippen MR) is 54.1 cm³/mol. The number of amides is 1. The zero-order chi connectivity index (χ0) is 11.7. The molecular formula is C11H6N2O3. The van der Waals surface area contributed by atoms with Crippen LogP contribution in [0.3, 0.4) is 0 Å². The highest BCUT2D eigenvalue weighted by Crippen LogP contribution is 2.26. The number of fused-ring (bicyclic) bond motifs is 1. The maximum atomic E-state index is 11.5. The molecule has 0 fully saturated rings. The van der Waals surface area contributed by atoms with Crippen LogP contribution in [0.2, 0.25) is 0 Å². The summed E-state index contributed by atoms with van der Waals surface area (Å²) in [5.74, 6) is -1.74. The Morgan fingerprint density at radius 2 is 1.94 bits per heavy atom. The van der Waals surface area contributed by atoms with Gasteiger partial charge in [0.2, 0.25) is 0 Å². The number of nitrogens with zero attached hydrogens (tertiary/aromatic N) is 1. The number of hydrogen-bond donors (Lipinski definition) is 2. The summed E-state index contributed by atoms with van der Waals surface area (Å²) in [6.07, 6.45) is 0. The summed E-state index contributed by atoms with van der Waals surface area (Å²) >= 11 is 0. The van der Waals surface area contributed by atoms with Crippen LogP contribution in [0.1, 0.15) is 15.9 Å². The molecule has 2 N–H and O–H groups in total. The fourth-order valence-corrected chi connectivity index (χ4v) is 1.56. The summed E-state index contributed by atoms with van der Waals surface area (Å²) in [6, 6.07) is 8.10. The molecule has 1 heterocycles. The van der Waals surface area contributed by atoms with Crippen LogP contribution in [0.15, 0.2) is 29.8 Å². The van der Waals surface area contributed by atoms with Crippen LogP contribution < -0.4 is 5.32 Å². The van der Waals surface area contributed by atoms with Gasteiger partial charge in [-0.2, -0.15) is 5.26 Å². The van der Waals surface area contributed by atoms with Crippen molar-refractivity contribution in [3.63, 3.8) is 0 Å². The highest BCUT2D eigenvalue weighted by Gasteiger charge is 2.28. The second kappa shape index (κ2) is 3.51. The Hall–Kier alpha value is -2.61. The van der Waals surface area contributed by atoms with Gasteiger partial charge in [-0.25, -0.2) is 4.79 Å². The molecule has 0 unspecified atom stereocenters. The molecule has 1 aromatic rings. The van der Waals surface area contributed by atoms with Crippen LogP contribution in [0, 0.1) is 11.3 Å². The number of carbonyl (C=O) groups is 2. The molecule has 1 aliphatic heterocycles. The molecule has 0 saturated carbocycles. The van der Waals surface area contributed by atoms with Crippen LogP contribution in [0.5, 0.6) is 0 Å². The molecule has 0 aromatic heterocycles. The number of carboxylic acid groups (broad SMARTS) is 1. The Morgan fingerprint density at radius 3 is 2.50 bits per heavy atom. The molecule has 78 valence electrons. The van der Waals surface area contributed by atoms with Crippen molar-refractivity contribution >= 4 is 17.6 Å². The van der Waals surface area contributed by atoms with Gasteiger partial charge in [0.15, 0.2) is 5.57 Å². The molecule has 1 aromatic carbocycles. The molecule has 2 rings (SSSR count). The van der Waals surface area contributed by atoms with E-state index in [2.05, 4.69) is 5.32 Å². The third-order valence-corrected chi connectivity index (χ3v) is 2.26. The minimum Gasteiger partial charge on any atom is -0.477 e. The smallest absolute Gasteiger partial charge is 0.348 e. The highest BCUT2D eigenvalue weighted by molar-refractivity contribution is 6.14. The first-order valence-corrected chi connectivity index (χ1v) is 4.43. The van der Waals surface area contributed by atoms with E-state index in [4.69, 9.17) is 10.4 Å². The van der Waals surface area contributed by atoms with E-state index in [1.165, 1.54) is 0 Å². The van der Waals surface area contributed by atoms with Crippen molar-refractivity contribution in [2.45, 2.75) is 0 Å². The van der Waals surface area contributed by atoms with Gasteiger partial charge in [-0.3, -0.25) is 4.79 Å². The van der Waals surface area contributed by atoms with E-state index in [1.807, 2.05) is 0 Å². The summed E-state index contributed by atoms with van der Waals surface area (Å²) in [6.45, 7) is 0. The van der Waals surface area contributed by atoms with Gasteiger partial charge in [-0.05, 0) is 6.07 Å². The number of nitrogens with one attached hydrogen (secondary N) is 1. The molecule has 0 bridgehead atoms. The molecule has 0 spiro atoms. The zero-order valence-corrected chi connectivity index (χ0v) is 8.02. The summed E-state index contributed by atoms with van der Waals surface area (Å²) in [5.41, 5.74) is 0.437. The first-order chi connectivity index (χ1) is 7.65. The number of carbonyl (C=O) groups excluding carboxylic acids is 1. The van der Waals surface area contributed by atoms with E-state index in [0.29, 0.717) is 11.1 Å². The van der Waals surface area contributed by atoms with E-state index < -0.39 is 11.5 Å². The third kappa shape index (κ3) is 1.33. The standard InChI is InChI=1S/C11H6N2O3/c12-5-8(11(15)16)9-6-3-1-2-4-7(6)10(14)13-9/h1-4H,(H,13,14)(H,15,16). The van der Waals surface area contributed by atoms with Crippen molar-refractivity contribution < 1.29 is 14.7 Å². The minimum atomic E-state index is -1.35. The van der Waals surface area contributed by atoms with Gasteiger partial charge in [0.05, 0.1) is 5.70 Å². The zero-order valence-electron chi connectivity index (χ0n) is 8.02. The van der Waals surface area contributed by atoms with Gasteiger partial charge >= 0.3 is 5.97 Å². The quantitative estimate of drug-likeness (QED) is 0.533. The van der Waals surface area contributed by atoms with E-state index >= 15 is 0 Å². The Balaban J connectivity index is 2.70. The molecule has 0 radical (unpaired) electrons. The fraction of sp³-hybridized carbons (Fsp3) is 0. The van der Waals surface area contributed by atoms with Gasteiger partial charge < -0.3 is 10.4 Å². The second-order valence-electron chi connectivity index (χ2n) is 3.17. The number of carboxylic acids is 1. The molecular weight excluding hydrogens is 208 g/mol. The third-order valence-electron chi connectivity index (χ3n) is 2.26. The molecule has 16 heavy (non-hydrogen) atoms. The van der Waals surface area contributed by atoms with Gasteiger partial charge in [-0.15, -0.1) is 0 Å². The number of aliphatic carboxylic acids is 1. The number of nitriles is 1. The normalized spacial score (nSPS) is 16.1. The van der Waals surface area contributed by atoms with Gasteiger partial charge in [0, 0.05) is 11.1 Å². The average molecular weight is 214 g/mol. The second-order valence-corrected chi connectivity index (χ2v) is 3.17. The number of hydrogen-bond acceptors (Lipinski definition) is 3. The highest BCUT2D eigenvalue weighted by atomic mass is 16.4. The molecule has 1 amide bonds. The number of rotatable bonds is 1. The molecule has 5 heteroatoms. The summed E-state index contributed by atoms with van der Waals surface area (Å²) < 4.78 is 0. The molecule has 0 saturated heterocycles. The fourth-order valence-electron chi connectivity index (χ4n) is 1.56. The van der Waals surface area contributed by atoms with Crippen LogP contribution in [-0.4, -0.2) is 17.0 Å². The summed E-state index contributed by atoms with van der Waals surface area (Å²) in [4.78, 5) is 22.3. The topological polar surface area (TPSA) is 90.2 Å². The molecule has 0 aliphatic carbocycles. The monoisotopic (exact) mass is 214 g/mol. The molecule has 0 atom stereocenters. The van der Waals surface area contributed by atoms with Gasteiger partial charge in [0.25, 0.3) is 5.91 Å². The maximum absolute atomic E-state index is 11.5. The average Bonchev–Trinajstić information content (AvgIpc) is 2.58. The number of benzene rings is 1. The van der Waals surface area contributed by atoms with Crippen LogP contribution >= 0.6 is 0 Å². The lowest BCUT2D eigenvalue weighted by atomic mass is 10.1. The van der Waals surface area contributed by atoms with Crippen molar-refractivity contribution in [2.24, 2.45) is 0 Å². The van der Waals surface area contributed by atoms with Gasteiger partial charge in [0.1, 0.15) is 6.07 Å². The SMILES string of the molecule is N#CC(C(=O)O)=C1NC(=O)c2ccccc21. The van der Waals surface area contributed by atoms with Crippen molar-refractivity contribution in [1.29, 1.82) is 5.26 Å². The van der Waals surface area contributed by atoms with E-state index in [1.54, 1.807) is 30.3 Å². The Bertz CT molecular complexity index is 567. The van der Waals surface area contributed by atoms with Crippen LogP contribution in [-0.2, 0) is 4.79 Å². The Morgan fingerprint density at radius 1 is 1.31 bits per heavy atom. The lowest BCUT2D eigenvalue weighted by molar-refractivity contribution is -0.132. The first-order valence-electron chi connectivity index (χ1n) is 4.43. The predicted octanol–water partition coefficient (Wildman–Crippen LogP) is 0.749. The minimum absolute atomic E-state index is 0.0654. The van der Waals surface area contributed by atoms with Crippen molar-refractivity contribution in [3.05, 3.63) is 41.0 Å². The first kappa shape index (κ1) is 9.93. The van der Waals surface area contributed by atoms with Crippen molar-refractivity contribution in [2.75, 3.05) is 0 Å². The van der Waals surface area contributed by atoms with Crippen LogP contribution in [0.4, 0.5) is 0 Å². The Labute approximate surface area is 90.6 Å². The lowest BCUT2D eigenvalue weighted by Gasteiger charge is -2.00. The summed E-state index contributed by atoms with van der Waals surface area (Å²) in [7, 11) is 0. The van der Waals surface area contributed by atoms with Crippen molar-refractivity contribution in [1.82, 2.24) is 5.32 Å². The summed E-state index contributed by atoms with van der Waals surface area (Å²) in [5, 5.41) is 19.9. The van der Waals surface area contributed by atoms with Gasteiger partial charge in [-0.1, -0.05) is 18.2 Å². The van der Waals surface area contributed by atoms with Crippen molar-refractivity contribution in [3.8, 4) is 6.07 Å². The lowest BCUT2D eigenvalue weighted by Crippen LogP contribution is -2.15. The maximum Gasteiger partial charge on any atom is 0.348 e. The molecule has 5 nitrogen and oxygen atoms in total.